The molecule has 2 rings (SSSR count). The lowest BCUT2D eigenvalue weighted by Crippen LogP contribution is -2.16. The van der Waals surface area contributed by atoms with Gasteiger partial charge in [-0.1, -0.05) is 0 Å². The Morgan fingerprint density at radius 1 is 1.47 bits per heavy atom. The number of sulfonamides is 1. The van der Waals surface area contributed by atoms with Crippen LogP contribution in [0.15, 0.2) is 14.7 Å². The molecule has 0 aliphatic heterocycles. The molecule has 2 aromatic heterocycles. The number of halogens is 1. The molecule has 0 unspecified atom stereocenters. The average Bonchev–Trinajstić information content (AvgIpc) is 2.74. The van der Waals surface area contributed by atoms with E-state index in [0.717, 1.165) is 3.79 Å². The van der Waals surface area contributed by atoms with E-state index in [9.17, 15) is 8.42 Å². The van der Waals surface area contributed by atoms with Gasteiger partial charge in [0.05, 0.1) is 15.2 Å². The molecule has 0 radical (unpaired) electrons. The van der Waals surface area contributed by atoms with Crippen molar-refractivity contribution in [3.05, 3.63) is 20.4 Å². The lowest BCUT2D eigenvalue weighted by Gasteiger charge is -2.08. The Hall–Kier alpha value is -1.06. The van der Waals surface area contributed by atoms with Crippen LogP contribution in [0.1, 0.15) is 10.6 Å². The van der Waals surface area contributed by atoms with E-state index in [1.54, 1.807) is 27.0 Å². The summed E-state index contributed by atoms with van der Waals surface area (Å²) < 4.78 is 29.3. The normalized spacial score (nSPS) is 11.8. The van der Waals surface area contributed by atoms with Gasteiger partial charge >= 0.3 is 0 Å². The molecule has 6 nitrogen and oxygen atoms in total. The third-order valence-corrected chi connectivity index (χ3v) is 5.78. The van der Waals surface area contributed by atoms with Gasteiger partial charge in [0, 0.05) is 11.9 Å². The standard InChI is InChI=1S/C10H13BrN4O2S2/c1-5-9(12)10(15(3)13-5)14-19(16,17)7-4-8(11)18-6(7)2/h4,14H,12H2,1-3H3. The quantitative estimate of drug-likeness (QED) is 0.873. The first-order valence-corrected chi connectivity index (χ1v) is 8.39. The third-order valence-electron chi connectivity index (χ3n) is 2.63. The molecule has 104 valence electrons. The fourth-order valence-electron chi connectivity index (χ4n) is 1.68. The van der Waals surface area contributed by atoms with Crippen LogP contribution in [-0.2, 0) is 17.1 Å². The van der Waals surface area contributed by atoms with Gasteiger partial charge in [-0.2, -0.15) is 5.10 Å². The van der Waals surface area contributed by atoms with Crippen LogP contribution >= 0.6 is 27.3 Å². The number of nitrogens with one attached hydrogen (secondary N) is 1. The molecular weight excluding hydrogens is 352 g/mol. The van der Waals surface area contributed by atoms with Crippen molar-refractivity contribution in [1.82, 2.24) is 9.78 Å². The second-order valence-corrected chi connectivity index (χ2v) is 8.33. The number of rotatable bonds is 3. The fraction of sp³-hybridized carbons (Fsp3) is 0.300. The summed E-state index contributed by atoms with van der Waals surface area (Å²) in [6.07, 6.45) is 0. The lowest BCUT2D eigenvalue weighted by atomic mass is 10.4. The molecule has 9 heteroatoms. The van der Waals surface area contributed by atoms with Gasteiger partial charge in [0.25, 0.3) is 10.0 Å². The summed E-state index contributed by atoms with van der Waals surface area (Å²) in [4.78, 5) is 0.944. The first-order valence-electron chi connectivity index (χ1n) is 5.30. The lowest BCUT2D eigenvalue weighted by molar-refractivity contribution is 0.600. The minimum Gasteiger partial charge on any atom is -0.394 e. The summed E-state index contributed by atoms with van der Waals surface area (Å²) in [5.41, 5.74) is 6.73. The van der Waals surface area contributed by atoms with Crippen molar-refractivity contribution in [2.24, 2.45) is 7.05 Å². The number of hydrogen-bond donors (Lipinski definition) is 2. The molecule has 0 atom stereocenters. The van der Waals surface area contributed by atoms with E-state index in [2.05, 4.69) is 25.8 Å². The third kappa shape index (κ3) is 2.63. The Balaban J connectivity index is 2.45. The first-order chi connectivity index (χ1) is 8.72. The van der Waals surface area contributed by atoms with Gasteiger partial charge in [-0.15, -0.1) is 11.3 Å². The number of thiophene rings is 1. The number of aryl methyl sites for hydroxylation is 3. The predicted octanol–water partition coefficient (Wildman–Crippen LogP) is 2.24. The SMILES string of the molecule is Cc1nn(C)c(NS(=O)(=O)c2cc(Br)sc2C)c1N. The van der Waals surface area contributed by atoms with Crippen LogP contribution < -0.4 is 10.5 Å². The predicted molar refractivity (Wildman–Crippen MR) is 79.9 cm³/mol. The summed E-state index contributed by atoms with van der Waals surface area (Å²) >= 11 is 4.64. The van der Waals surface area contributed by atoms with Crippen molar-refractivity contribution in [2.45, 2.75) is 18.7 Å². The van der Waals surface area contributed by atoms with Gasteiger partial charge in [0.15, 0.2) is 5.82 Å². The van der Waals surface area contributed by atoms with Crippen LogP contribution in [0.5, 0.6) is 0 Å². The van der Waals surface area contributed by atoms with Crippen LogP contribution in [0.25, 0.3) is 0 Å². The van der Waals surface area contributed by atoms with E-state index in [1.807, 2.05) is 0 Å². The van der Waals surface area contributed by atoms with Crippen molar-refractivity contribution in [3.8, 4) is 0 Å². The number of aromatic nitrogens is 2. The van der Waals surface area contributed by atoms with Gasteiger partial charge in [0.2, 0.25) is 0 Å². The molecule has 3 N–H and O–H groups in total. The van der Waals surface area contributed by atoms with Gasteiger partial charge in [0.1, 0.15) is 4.90 Å². The zero-order valence-electron chi connectivity index (χ0n) is 10.6. The van der Waals surface area contributed by atoms with Crippen molar-refractivity contribution >= 4 is 48.8 Å². The molecular formula is C10H13BrN4O2S2. The maximum atomic E-state index is 12.3. The van der Waals surface area contributed by atoms with E-state index < -0.39 is 10.0 Å². The molecule has 0 aliphatic carbocycles. The molecule has 0 saturated heterocycles. The van der Waals surface area contributed by atoms with Gasteiger partial charge in [-0.25, -0.2) is 13.1 Å². The Morgan fingerprint density at radius 2 is 2.11 bits per heavy atom. The number of hydrogen-bond acceptors (Lipinski definition) is 5. The smallest absolute Gasteiger partial charge is 0.264 e. The highest BCUT2D eigenvalue weighted by Crippen LogP contribution is 2.32. The summed E-state index contributed by atoms with van der Waals surface area (Å²) in [6, 6.07) is 1.57. The van der Waals surface area contributed by atoms with Crippen LogP contribution in [0.4, 0.5) is 11.5 Å². The number of nitrogen functional groups attached to an aromatic ring is 1. The van der Waals surface area contributed by atoms with Crippen LogP contribution in [0, 0.1) is 13.8 Å². The van der Waals surface area contributed by atoms with Gasteiger partial charge in [-0.05, 0) is 35.8 Å². The minimum absolute atomic E-state index is 0.239. The summed E-state index contributed by atoms with van der Waals surface area (Å²) in [6.45, 7) is 3.47. The van der Waals surface area contributed by atoms with Crippen molar-refractivity contribution < 1.29 is 8.42 Å². The molecule has 0 amide bonds. The fourth-order valence-corrected chi connectivity index (χ4v) is 5.20. The maximum absolute atomic E-state index is 12.3. The highest BCUT2D eigenvalue weighted by atomic mass is 79.9. The Bertz CT molecular complexity index is 733. The van der Waals surface area contributed by atoms with Crippen molar-refractivity contribution in [1.29, 1.82) is 0 Å². The van der Waals surface area contributed by atoms with Gasteiger partial charge in [-0.3, -0.25) is 4.72 Å². The van der Waals surface area contributed by atoms with Crippen molar-refractivity contribution in [2.75, 3.05) is 10.5 Å². The Kier molecular flexibility index (Phi) is 3.63. The number of anilines is 2. The molecule has 0 aromatic carbocycles. The molecule has 19 heavy (non-hydrogen) atoms. The molecule has 0 aliphatic rings. The molecule has 0 bridgehead atoms. The molecule has 0 spiro atoms. The van der Waals surface area contributed by atoms with E-state index >= 15 is 0 Å². The van der Waals surface area contributed by atoms with Crippen molar-refractivity contribution in [3.63, 3.8) is 0 Å². The first kappa shape index (κ1) is 14.4. The Morgan fingerprint density at radius 3 is 2.53 bits per heavy atom. The molecule has 0 saturated carbocycles. The highest BCUT2D eigenvalue weighted by molar-refractivity contribution is 9.11. The van der Waals surface area contributed by atoms with Crippen LogP contribution in [0.3, 0.4) is 0 Å². The molecule has 0 fully saturated rings. The van der Waals surface area contributed by atoms with Crippen LogP contribution in [0.2, 0.25) is 0 Å². The molecule has 2 heterocycles. The second-order valence-electron chi connectivity index (χ2n) is 4.05. The average molecular weight is 365 g/mol. The summed E-state index contributed by atoms with van der Waals surface area (Å²) in [5.74, 6) is 0.277. The van der Waals surface area contributed by atoms with E-state index in [1.165, 1.54) is 16.0 Å². The second kappa shape index (κ2) is 4.80. The van der Waals surface area contributed by atoms with Crippen LogP contribution in [-0.4, -0.2) is 18.2 Å². The van der Waals surface area contributed by atoms with E-state index in [-0.39, 0.29) is 10.7 Å². The van der Waals surface area contributed by atoms with Gasteiger partial charge < -0.3 is 5.73 Å². The topological polar surface area (TPSA) is 90.0 Å². The summed E-state index contributed by atoms with van der Waals surface area (Å²) in [5, 5.41) is 4.07. The Labute approximate surface area is 123 Å². The maximum Gasteiger partial charge on any atom is 0.264 e. The monoisotopic (exact) mass is 364 g/mol. The summed E-state index contributed by atoms with van der Waals surface area (Å²) in [7, 11) is -2.03. The minimum atomic E-state index is -3.67. The molecule has 2 aromatic rings. The number of nitrogens with zero attached hydrogens (tertiary/aromatic N) is 2. The van der Waals surface area contributed by atoms with E-state index in [0.29, 0.717) is 16.3 Å². The zero-order chi connectivity index (χ0) is 14.4. The number of nitrogens with two attached hydrogens (primary N) is 1. The largest absolute Gasteiger partial charge is 0.394 e. The van der Waals surface area contributed by atoms with E-state index in [4.69, 9.17) is 5.73 Å². The zero-order valence-corrected chi connectivity index (χ0v) is 13.8. The highest BCUT2D eigenvalue weighted by Gasteiger charge is 2.23.